The number of aliphatic hydroxyl groups excluding tert-OH is 6. The molecule has 0 amide bonds. The van der Waals surface area contributed by atoms with Crippen LogP contribution in [0.4, 0.5) is 0 Å². The van der Waals surface area contributed by atoms with Crippen LogP contribution in [-0.2, 0) is 25.4 Å². The summed E-state index contributed by atoms with van der Waals surface area (Å²) in [5.41, 5.74) is -0.227. The van der Waals surface area contributed by atoms with E-state index in [0.717, 1.165) is 5.56 Å². The lowest BCUT2D eigenvalue weighted by atomic mass is 9.94. The molecule has 2 saturated heterocycles. The molecule has 0 aromatic heterocycles. The van der Waals surface area contributed by atoms with Gasteiger partial charge in [0.2, 0.25) is 0 Å². The first-order valence-electron chi connectivity index (χ1n) is 16.3. The normalized spacial score (nSPS) is 36.9. The molecule has 5 aliphatic rings. The van der Waals surface area contributed by atoms with Crippen molar-refractivity contribution in [1.82, 2.24) is 0 Å². The van der Waals surface area contributed by atoms with Gasteiger partial charge in [0.05, 0.1) is 34.0 Å². The summed E-state index contributed by atoms with van der Waals surface area (Å²) in [6, 6.07) is 7.01. The molecule has 2 fully saturated rings. The summed E-state index contributed by atoms with van der Waals surface area (Å²) in [5, 5.41) is 72.8. The zero-order valence-corrected chi connectivity index (χ0v) is 27.5. The molecule has 0 spiro atoms. The molecule has 5 heterocycles. The summed E-state index contributed by atoms with van der Waals surface area (Å²) < 4.78 is 57.9. The zero-order valence-electron chi connectivity index (χ0n) is 27.5. The molecule has 4 unspecified atom stereocenters. The third kappa shape index (κ3) is 6.30. The van der Waals surface area contributed by atoms with Crippen molar-refractivity contribution in [3.05, 3.63) is 35.4 Å². The highest BCUT2D eigenvalue weighted by atomic mass is 16.7. The van der Waals surface area contributed by atoms with Gasteiger partial charge in [0.15, 0.2) is 47.8 Å². The maximum Gasteiger partial charge on any atom is 0.186 e. The minimum atomic E-state index is -1.71. The molecular weight excluding hydrogens is 668 g/mol. The van der Waals surface area contributed by atoms with E-state index < -0.39 is 92.4 Å². The second-order valence-corrected chi connectivity index (χ2v) is 13.2. The maximum absolute atomic E-state index is 11.5. The Kier molecular flexibility index (Phi) is 9.68. The van der Waals surface area contributed by atoms with Crippen molar-refractivity contribution in [2.75, 3.05) is 40.6 Å². The van der Waals surface area contributed by atoms with E-state index in [2.05, 4.69) is 0 Å². The summed E-state index contributed by atoms with van der Waals surface area (Å²) in [6.07, 6.45) is -15.1. The maximum atomic E-state index is 11.5. The molecule has 7 N–H and O–H groups in total. The summed E-state index contributed by atoms with van der Waals surface area (Å²) >= 11 is 0. The number of benzene rings is 2. The van der Waals surface area contributed by atoms with Crippen LogP contribution in [0.1, 0.15) is 24.2 Å². The van der Waals surface area contributed by atoms with Gasteiger partial charge in [0.1, 0.15) is 72.5 Å². The molecule has 0 saturated carbocycles. The second kappa shape index (κ2) is 13.7. The standard InChI is InChI=1S/C33H42O17/c1-33(40,12-46-32-28(39)26(37)25(36)21(50-32)10-45-31-27(38)24(35)15(34)9-44-31)23-7-14-16(47-23)4-5-17-29(14)49-22-11-43-18-8-20(42-3)19(41-2)6-13(18)30(22)48-17/h4-6,8,15,21-28,30-32,34-40H,7,9-12H2,1-3H3/t15-,21+,22?,23?,24-,25+,26-,27+,28+,30?,31-,32+,33?/m0/s1. The molecular formula is C33H42O17. The van der Waals surface area contributed by atoms with E-state index in [1.165, 1.54) is 6.92 Å². The van der Waals surface area contributed by atoms with Crippen molar-refractivity contribution < 1.29 is 83.1 Å². The summed E-state index contributed by atoms with van der Waals surface area (Å²) in [4.78, 5) is 0. The van der Waals surface area contributed by atoms with Crippen LogP contribution in [0.3, 0.4) is 0 Å². The lowest BCUT2D eigenvalue weighted by Crippen LogP contribution is -2.61. The SMILES string of the molecule is COc1cc2c(cc1OC)C1Oc3ccc4c(c3OC1CO2)CC(C(C)(O)CO[C@@H]1O[C@H](CO[C@@H]2OC[C@H](O)[C@H](O)[C@H]2O)[C@@H](O)[C@H](O)[C@H]1O)O4. The predicted molar refractivity (Wildman–Crippen MR) is 164 cm³/mol. The fourth-order valence-corrected chi connectivity index (χ4v) is 6.70. The van der Waals surface area contributed by atoms with Gasteiger partial charge in [-0.3, -0.25) is 0 Å². The smallest absolute Gasteiger partial charge is 0.186 e. The van der Waals surface area contributed by atoms with Gasteiger partial charge < -0.3 is 83.1 Å². The summed E-state index contributed by atoms with van der Waals surface area (Å²) in [6.45, 7) is 0.532. The Balaban J connectivity index is 0.994. The fourth-order valence-electron chi connectivity index (χ4n) is 6.70. The predicted octanol–water partition coefficient (Wildman–Crippen LogP) is -1.69. The van der Waals surface area contributed by atoms with Crippen molar-refractivity contribution >= 4 is 0 Å². The molecule has 17 heteroatoms. The van der Waals surface area contributed by atoms with E-state index >= 15 is 0 Å². The van der Waals surface area contributed by atoms with Crippen molar-refractivity contribution in [2.45, 2.75) is 92.6 Å². The van der Waals surface area contributed by atoms with E-state index in [4.69, 9.17) is 47.4 Å². The van der Waals surface area contributed by atoms with E-state index in [-0.39, 0.29) is 19.6 Å². The van der Waals surface area contributed by atoms with Gasteiger partial charge in [-0.2, -0.15) is 0 Å². The average molecular weight is 711 g/mol. The third-order valence-electron chi connectivity index (χ3n) is 9.71. The van der Waals surface area contributed by atoms with Gasteiger partial charge in [-0.15, -0.1) is 0 Å². The number of aliphatic hydroxyl groups is 7. The van der Waals surface area contributed by atoms with Crippen LogP contribution in [0.15, 0.2) is 24.3 Å². The Bertz CT molecular complexity index is 1540. The van der Waals surface area contributed by atoms with Gasteiger partial charge in [-0.1, -0.05) is 0 Å². The number of methoxy groups -OCH3 is 2. The Labute approximate surface area is 286 Å². The topological polar surface area (TPSA) is 234 Å². The number of hydrogen-bond acceptors (Lipinski definition) is 17. The van der Waals surface area contributed by atoms with Crippen molar-refractivity contribution in [3.63, 3.8) is 0 Å². The van der Waals surface area contributed by atoms with E-state index in [0.29, 0.717) is 40.1 Å². The van der Waals surface area contributed by atoms with Gasteiger partial charge in [0.25, 0.3) is 0 Å². The Hall–Kier alpha value is -3.20. The van der Waals surface area contributed by atoms with Gasteiger partial charge in [-0.25, -0.2) is 0 Å². The second-order valence-electron chi connectivity index (χ2n) is 13.2. The van der Waals surface area contributed by atoms with E-state index in [1.807, 2.05) is 0 Å². The molecule has 13 atom stereocenters. The molecule has 5 aliphatic heterocycles. The molecule has 276 valence electrons. The first-order chi connectivity index (χ1) is 23.9. The highest BCUT2D eigenvalue weighted by molar-refractivity contribution is 5.59. The van der Waals surface area contributed by atoms with Gasteiger partial charge >= 0.3 is 0 Å². The van der Waals surface area contributed by atoms with E-state index in [1.54, 1.807) is 38.5 Å². The molecule has 17 nitrogen and oxygen atoms in total. The quantitative estimate of drug-likeness (QED) is 0.154. The first-order valence-corrected chi connectivity index (χ1v) is 16.3. The number of rotatable bonds is 9. The fraction of sp³-hybridized carbons (Fsp3) is 0.636. The summed E-state index contributed by atoms with van der Waals surface area (Å²) in [7, 11) is 3.09. The minimum absolute atomic E-state index is 0.210. The van der Waals surface area contributed by atoms with Crippen LogP contribution < -0.4 is 28.4 Å². The van der Waals surface area contributed by atoms with Gasteiger partial charge in [0, 0.05) is 23.6 Å². The van der Waals surface area contributed by atoms with Crippen molar-refractivity contribution in [2.24, 2.45) is 0 Å². The Morgan fingerprint density at radius 1 is 0.780 bits per heavy atom. The van der Waals surface area contributed by atoms with Crippen molar-refractivity contribution in [3.8, 4) is 34.5 Å². The molecule has 2 aromatic carbocycles. The highest BCUT2D eigenvalue weighted by Crippen LogP contribution is 2.52. The molecule has 7 rings (SSSR count). The first kappa shape index (κ1) is 35.2. The van der Waals surface area contributed by atoms with Crippen LogP contribution in [0, 0.1) is 0 Å². The lowest BCUT2D eigenvalue weighted by molar-refractivity contribution is -0.326. The molecule has 0 radical (unpaired) electrons. The number of hydrogen-bond donors (Lipinski definition) is 7. The van der Waals surface area contributed by atoms with Crippen LogP contribution >= 0.6 is 0 Å². The van der Waals surface area contributed by atoms with Crippen LogP contribution in [0.5, 0.6) is 34.5 Å². The molecule has 0 aliphatic carbocycles. The average Bonchev–Trinajstić information content (AvgIpc) is 3.58. The van der Waals surface area contributed by atoms with Crippen LogP contribution in [0.2, 0.25) is 0 Å². The monoisotopic (exact) mass is 710 g/mol. The highest BCUT2D eigenvalue weighted by Gasteiger charge is 2.49. The Morgan fingerprint density at radius 2 is 1.50 bits per heavy atom. The van der Waals surface area contributed by atoms with Crippen LogP contribution in [-0.4, -0.2) is 150 Å². The lowest BCUT2D eigenvalue weighted by Gasteiger charge is -2.42. The molecule has 50 heavy (non-hydrogen) atoms. The number of ether oxygens (including phenoxy) is 10. The van der Waals surface area contributed by atoms with Crippen LogP contribution in [0.25, 0.3) is 0 Å². The zero-order chi connectivity index (χ0) is 35.5. The number of fused-ring (bicyclic) bond motifs is 6. The molecule has 0 bridgehead atoms. The van der Waals surface area contributed by atoms with Gasteiger partial charge in [-0.05, 0) is 25.1 Å². The minimum Gasteiger partial charge on any atom is -0.493 e. The Morgan fingerprint density at radius 3 is 2.26 bits per heavy atom. The molecule has 2 aromatic rings. The summed E-state index contributed by atoms with van der Waals surface area (Å²) in [5.74, 6) is 3.09. The van der Waals surface area contributed by atoms with Crippen molar-refractivity contribution in [1.29, 1.82) is 0 Å². The largest absolute Gasteiger partial charge is 0.493 e. The third-order valence-corrected chi connectivity index (χ3v) is 9.71. The van der Waals surface area contributed by atoms with E-state index in [9.17, 15) is 35.7 Å².